The maximum atomic E-state index is 12.8. The monoisotopic (exact) mass is 379 g/mol. The van der Waals surface area contributed by atoms with Gasteiger partial charge in [-0.3, -0.25) is 14.3 Å². The van der Waals surface area contributed by atoms with Gasteiger partial charge in [-0.05, 0) is 24.6 Å². The third-order valence-corrected chi connectivity index (χ3v) is 5.56. The number of hydrogen-bond acceptors (Lipinski definition) is 4. The van der Waals surface area contributed by atoms with Crippen LogP contribution in [0.3, 0.4) is 0 Å². The Morgan fingerprint density at radius 2 is 2.14 bits per heavy atom. The van der Waals surface area contributed by atoms with Gasteiger partial charge in [0.1, 0.15) is 11.4 Å². The van der Waals surface area contributed by atoms with E-state index in [4.69, 9.17) is 4.74 Å². The molecule has 0 spiro atoms. The Morgan fingerprint density at radius 1 is 1.29 bits per heavy atom. The Hall–Kier alpha value is -3.29. The molecule has 2 aliphatic heterocycles. The van der Waals surface area contributed by atoms with Gasteiger partial charge < -0.3 is 19.5 Å². The highest BCUT2D eigenvalue weighted by Gasteiger charge is 2.34. The van der Waals surface area contributed by atoms with Crippen molar-refractivity contribution in [2.24, 2.45) is 0 Å². The van der Waals surface area contributed by atoms with E-state index >= 15 is 0 Å². The number of aromatic nitrogens is 3. The smallest absolute Gasteiger partial charge is 0.270 e. The molecule has 28 heavy (non-hydrogen) atoms. The molecular formula is C20H21N5O3. The van der Waals surface area contributed by atoms with Crippen LogP contribution >= 0.6 is 0 Å². The second-order valence-electron chi connectivity index (χ2n) is 7.33. The molecule has 2 aromatic heterocycles. The first-order valence-electron chi connectivity index (χ1n) is 9.43. The molecule has 8 nitrogen and oxygen atoms in total. The minimum Gasteiger partial charge on any atom is -0.497 e. The fraction of sp³-hybridized carbons (Fsp3) is 0.350. The molecule has 4 heterocycles. The SMILES string of the molecule is COc1ccc2cc(C(=O)N3CC(n4cc(N5CCCC5=O)cn4)C3)[nH]c2c1. The zero-order valence-electron chi connectivity index (χ0n) is 15.6. The van der Waals surface area contributed by atoms with Crippen molar-refractivity contribution in [1.29, 1.82) is 0 Å². The van der Waals surface area contributed by atoms with Crippen molar-refractivity contribution in [1.82, 2.24) is 19.7 Å². The molecule has 2 fully saturated rings. The zero-order valence-corrected chi connectivity index (χ0v) is 15.6. The lowest BCUT2D eigenvalue weighted by Crippen LogP contribution is -2.51. The van der Waals surface area contributed by atoms with Crippen LogP contribution in [0.2, 0.25) is 0 Å². The molecule has 0 radical (unpaired) electrons. The van der Waals surface area contributed by atoms with Crippen molar-refractivity contribution < 1.29 is 14.3 Å². The topological polar surface area (TPSA) is 83.5 Å². The number of nitrogens with zero attached hydrogens (tertiary/aromatic N) is 4. The highest BCUT2D eigenvalue weighted by molar-refractivity contribution is 5.98. The van der Waals surface area contributed by atoms with Crippen LogP contribution in [-0.2, 0) is 4.79 Å². The molecule has 2 amide bonds. The van der Waals surface area contributed by atoms with Crippen LogP contribution in [0.4, 0.5) is 5.69 Å². The Bertz CT molecular complexity index is 1060. The van der Waals surface area contributed by atoms with E-state index in [0.717, 1.165) is 35.3 Å². The van der Waals surface area contributed by atoms with Crippen molar-refractivity contribution in [3.63, 3.8) is 0 Å². The van der Waals surface area contributed by atoms with Crippen molar-refractivity contribution in [3.05, 3.63) is 42.4 Å². The van der Waals surface area contributed by atoms with E-state index in [-0.39, 0.29) is 17.9 Å². The standard InChI is InChI=1S/C20H21N5O3/c1-28-16-5-4-13-7-18(22-17(13)8-16)20(27)23-10-15(11-23)25-12-14(9-21-25)24-6-2-3-19(24)26/h4-5,7-9,12,15,22H,2-3,6,10-11H2,1H3. The van der Waals surface area contributed by atoms with Crippen LogP contribution in [0, 0.1) is 0 Å². The summed E-state index contributed by atoms with van der Waals surface area (Å²) in [4.78, 5) is 31.4. The summed E-state index contributed by atoms with van der Waals surface area (Å²) in [6, 6.07) is 7.71. The van der Waals surface area contributed by atoms with Crippen molar-refractivity contribution in [2.45, 2.75) is 18.9 Å². The number of fused-ring (bicyclic) bond motifs is 1. The number of methoxy groups -OCH3 is 1. The van der Waals surface area contributed by atoms with Gasteiger partial charge in [-0.15, -0.1) is 0 Å². The molecule has 144 valence electrons. The molecular weight excluding hydrogens is 358 g/mol. The molecule has 0 unspecified atom stereocenters. The van der Waals surface area contributed by atoms with Crippen LogP contribution in [0.1, 0.15) is 29.4 Å². The highest BCUT2D eigenvalue weighted by Crippen LogP contribution is 2.28. The Morgan fingerprint density at radius 3 is 2.89 bits per heavy atom. The van der Waals surface area contributed by atoms with Gasteiger partial charge in [0.05, 0.1) is 25.0 Å². The predicted molar refractivity (Wildman–Crippen MR) is 104 cm³/mol. The molecule has 1 aromatic carbocycles. The summed E-state index contributed by atoms with van der Waals surface area (Å²) in [6.07, 6.45) is 5.14. The van der Waals surface area contributed by atoms with Gasteiger partial charge in [-0.25, -0.2) is 0 Å². The van der Waals surface area contributed by atoms with Gasteiger partial charge in [0.25, 0.3) is 5.91 Å². The fourth-order valence-electron chi connectivity index (χ4n) is 3.90. The fourth-order valence-corrected chi connectivity index (χ4v) is 3.90. The number of hydrogen-bond donors (Lipinski definition) is 1. The first kappa shape index (κ1) is 16.9. The number of aromatic amines is 1. The van der Waals surface area contributed by atoms with Crippen LogP contribution in [0.5, 0.6) is 5.75 Å². The number of rotatable bonds is 4. The summed E-state index contributed by atoms with van der Waals surface area (Å²) in [6.45, 7) is 1.96. The van der Waals surface area contributed by atoms with Gasteiger partial charge in [0, 0.05) is 49.2 Å². The van der Waals surface area contributed by atoms with E-state index in [1.54, 1.807) is 23.1 Å². The van der Waals surface area contributed by atoms with Crippen molar-refractivity contribution in [2.75, 3.05) is 31.6 Å². The molecule has 8 heteroatoms. The van der Waals surface area contributed by atoms with Gasteiger partial charge in [0.15, 0.2) is 0 Å². The molecule has 1 N–H and O–H groups in total. The van der Waals surface area contributed by atoms with Crippen molar-refractivity contribution >= 4 is 28.4 Å². The average molecular weight is 379 g/mol. The van der Waals surface area contributed by atoms with Gasteiger partial charge in [-0.2, -0.15) is 5.10 Å². The first-order valence-corrected chi connectivity index (χ1v) is 9.43. The second kappa shape index (κ2) is 6.40. The number of likely N-dealkylation sites (tertiary alicyclic amines) is 1. The van der Waals surface area contributed by atoms with Crippen LogP contribution in [-0.4, -0.2) is 58.2 Å². The first-order chi connectivity index (χ1) is 13.6. The lowest BCUT2D eigenvalue weighted by atomic mass is 10.1. The third kappa shape index (κ3) is 2.72. The summed E-state index contributed by atoms with van der Waals surface area (Å²) in [5.74, 6) is 0.886. The quantitative estimate of drug-likeness (QED) is 0.753. The number of carbonyl (C=O) groups excluding carboxylic acids is 2. The number of H-pyrrole nitrogens is 1. The minimum atomic E-state index is -0.0199. The Kier molecular flexibility index (Phi) is 3.85. The summed E-state index contributed by atoms with van der Waals surface area (Å²) < 4.78 is 7.09. The number of benzene rings is 1. The maximum absolute atomic E-state index is 12.8. The van der Waals surface area contributed by atoms with Gasteiger partial charge in [0.2, 0.25) is 5.91 Å². The van der Waals surface area contributed by atoms with E-state index in [2.05, 4.69) is 10.1 Å². The zero-order chi connectivity index (χ0) is 19.3. The predicted octanol–water partition coefficient (Wildman–Crippen LogP) is 2.20. The average Bonchev–Trinajstić information content (AvgIpc) is 3.38. The number of amides is 2. The van der Waals surface area contributed by atoms with Crippen LogP contribution in [0.25, 0.3) is 10.9 Å². The lowest BCUT2D eigenvalue weighted by Gasteiger charge is -2.38. The van der Waals surface area contributed by atoms with E-state index in [1.807, 2.05) is 35.1 Å². The largest absolute Gasteiger partial charge is 0.497 e. The Labute approximate surface area is 161 Å². The van der Waals surface area contributed by atoms with Gasteiger partial charge in [-0.1, -0.05) is 0 Å². The number of ether oxygens (including phenoxy) is 1. The Balaban J connectivity index is 1.26. The normalized spacial score (nSPS) is 17.4. The second-order valence-corrected chi connectivity index (χ2v) is 7.33. The number of anilines is 1. The maximum Gasteiger partial charge on any atom is 0.270 e. The molecule has 2 saturated heterocycles. The molecule has 2 aliphatic rings. The van der Waals surface area contributed by atoms with Crippen LogP contribution in [0.15, 0.2) is 36.7 Å². The minimum absolute atomic E-state index is 0.0199. The van der Waals surface area contributed by atoms with Gasteiger partial charge >= 0.3 is 0 Å². The lowest BCUT2D eigenvalue weighted by molar-refractivity contribution is -0.117. The highest BCUT2D eigenvalue weighted by atomic mass is 16.5. The summed E-state index contributed by atoms with van der Waals surface area (Å²) in [5, 5.41) is 5.38. The van der Waals surface area contributed by atoms with E-state index in [0.29, 0.717) is 25.2 Å². The summed E-state index contributed by atoms with van der Waals surface area (Å²) in [7, 11) is 1.62. The molecule has 5 rings (SSSR count). The number of nitrogens with one attached hydrogen (secondary N) is 1. The molecule has 0 atom stereocenters. The molecule has 0 bridgehead atoms. The van der Waals surface area contributed by atoms with Crippen molar-refractivity contribution in [3.8, 4) is 5.75 Å². The third-order valence-electron chi connectivity index (χ3n) is 5.56. The molecule has 0 saturated carbocycles. The molecule has 3 aromatic rings. The van der Waals surface area contributed by atoms with E-state index in [9.17, 15) is 9.59 Å². The molecule has 0 aliphatic carbocycles. The van der Waals surface area contributed by atoms with E-state index in [1.165, 1.54) is 0 Å². The number of carbonyl (C=O) groups is 2. The van der Waals surface area contributed by atoms with E-state index < -0.39 is 0 Å². The van der Waals surface area contributed by atoms with Crippen LogP contribution < -0.4 is 9.64 Å². The summed E-state index contributed by atoms with van der Waals surface area (Å²) in [5.41, 5.74) is 2.30. The summed E-state index contributed by atoms with van der Waals surface area (Å²) >= 11 is 0.